The summed E-state index contributed by atoms with van der Waals surface area (Å²) in [7, 11) is 6.47. The Kier molecular flexibility index (Phi) is 6.13. The molecule has 2 aromatic carbocycles. The number of aromatic nitrogens is 3. The maximum atomic E-state index is 11.6. The molecule has 8 nitrogen and oxygen atoms in total. The molecule has 3 rings (SSSR count). The van der Waals surface area contributed by atoms with E-state index in [1.165, 1.54) is 4.90 Å². The van der Waals surface area contributed by atoms with Gasteiger partial charge in [0.2, 0.25) is 0 Å². The topological polar surface area (TPSA) is 89.6 Å². The van der Waals surface area contributed by atoms with Crippen molar-refractivity contribution in [2.45, 2.75) is 0 Å². The zero-order valence-electron chi connectivity index (χ0n) is 16.7. The molecule has 0 saturated carbocycles. The second-order valence-electron chi connectivity index (χ2n) is 6.31. The number of H-pyrrole nitrogens is 1. The van der Waals surface area contributed by atoms with Crippen molar-refractivity contribution in [3.8, 4) is 28.5 Å². The number of nitrogens with one attached hydrogen (secondary N) is 1. The third kappa shape index (κ3) is 4.73. The van der Waals surface area contributed by atoms with E-state index in [2.05, 4.69) is 15.4 Å². The zero-order valence-corrected chi connectivity index (χ0v) is 16.7. The van der Waals surface area contributed by atoms with E-state index in [0.29, 0.717) is 22.9 Å². The first-order valence-corrected chi connectivity index (χ1v) is 8.81. The van der Waals surface area contributed by atoms with Crippen LogP contribution >= 0.6 is 0 Å². The first kappa shape index (κ1) is 19.9. The van der Waals surface area contributed by atoms with Crippen molar-refractivity contribution in [3.63, 3.8) is 0 Å². The Bertz CT molecular complexity index is 996. The Hall–Kier alpha value is -3.81. The number of aromatic amines is 1. The van der Waals surface area contributed by atoms with Crippen molar-refractivity contribution < 1.29 is 19.0 Å². The smallest absolute Gasteiger partial charge is 0.414 e. The summed E-state index contributed by atoms with van der Waals surface area (Å²) >= 11 is 0. The van der Waals surface area contributed by atoms with E-state index in [1.54, 1.807) is 52.7 Å². The lowest BCUT2D eigenvalue weighted by atomic mass is 10.0. The molecule has 0 unspecified atom stereocenters. The van der Waals surface area contributed by atoms with Gasteiger partial charge in [-0.05, 0) is 29.3 Å². The van der Waals surface area contributed by atoms with E-state index < -0.39 is 6.09 Å². The van der Waals surface area contributed by atoms with Crippen molar-refractivity contribution in [3.05, 3.63) is 53.7 Å². The SMILES string of the molecule is COc1cc(/C=C/c2ccc(OC(=O)N(C)C)cc2)c(-c2cn[nH]n2)c(OC)c1. The Balaban J connectivity index is 1.91. The molecule has 150 valence electrons. The van der Waals surface area contributed by atoms with Crippen LogP contribution in [-0.2, 0) is 0 Å². The fraction of sp³-hybridized carbons (Fsp3) is 0.190. The molecule has 29 heavy (non-hydrogen) atoms. The van der Waals surface area contributed by atoms with Crippen LogP contribution in [0.3, 0.4) is 0 Å². The Morgan fingerprint density at radius 2 is 1.79 bits per heavy atom. The van der Waals surface area contributed by atoms with Crippen LogP contribution in [0.15, 0.2) is 42.6 Å². The number of rotatable bonds is 6. The normalized spacial score (nSPS) is 10.8. The molecule has 0 aliphatic carbocycles. The molecule has 1 N–H and O–H groups in total. The van der Waals surface area contributed by atoms with Gasteiger partial charge in [-0.1, -0.05) is 24.3 Å². The summed E-state index contributed by atoms with van der Waals surface area (Å²) < 4.78 is 16.1. The molecule has 8 heteroatoms. The van der Waals surface area contributed by atoms with E-state index in [0.717, 1.165) is 16.7 Å². The summed E-state index contributed by atoms with van der Waals surface area (Å²) in [5, 5.41) is 10.7. The third-order valence-electron chi connectivity index (χ3n) is 4.14. The minimum absolute atomic E-state index is 0.422. The van der Waals surface area contributed by atoms with Crippen LogP contribution in [0.5, 0.6) is 17.2 Å². The van der Waals surface area contributed by atoms with Crippen LogP contribution in [0.1, 0.15) is 11.1 Å². The Labute approximate surface area is 168 Å². The highest BCUT2D eigenvalue weighted by Gasteiger charge is 2.15. The van der Waals surface area contributed by atoms with Crippen LogP contribution < -0.4 is 14.2 Å². The molecule has 0 aliphatic rings. The second-order valence-corrected chi connectivity index (χ2v) is 6.31. The van der Waals surface area contributed by atoms with Crippen molar-refractivity contribution >= 4 is 18.2 Å². The number of carbonyl (C=O) groups is 1. The lowest BCUT2D eigenvalue weighted by Gasteiger charge is -2.12. The average Bonchev–Trinajstić information content (AvgIpc) is 3.26. The van der Waals surface area contributed by atoms with Gasteiger partial charge in [0.05, 0.1) is 26.0 Å². The second kappa shape index (κ2) is 8.92. The van der Waals surface area contributed by atoms with Crippen LogP contribution in [0.2, 0.25) is 0 Å². The maximum Gasteiger partial charge on any atom is 0.414 e. The van der Waals surface area contributed by atoms with Crippen molar-refractivity contribution in [1.82, 2.24) is 20.3 Å². The average molecular weight is 394 g/mol. The molecule has 0 spiro atoms. The number of benzene rings is 2. The summed E-state index contributed by atoms with van der Waals surface area (Å²) in [4.78, 5) is 13.0. The van der Waals surface area contributed by atoms with Crippen molar-refractivity contribution in [2.24, 2.45) is 0 Å². The summed E-state index contributed by atoms with van der Waals surface area (Å²) in [5.41, 5.74) is 3.26. The van der Waals surface area contributed by atoms with Gasteiger partial charge in [-0.3, -0.25) is 0 Å². The van der Waals surface area contributed by atoms with Crippen LogP contribution in [0.25, 0.3) is 23.4 Å². The molecule has 1 amide bonds. The highest BCUT2D eigenvalue weighted by molar-refractivity contribution is 5.84. The summed E-state index contributed by atoms with van der Waals surface area (Å²) in [6.07, 6.45) is 5.09. The number of ether oxygens (including phenoxy) is 3. The van der Waals surface area contributed by atoms with Gasteiger partial charge in [0.25, 0.3) is 0 Å². The number of nitrogens with zero attached hydrogens (tertiary/aromatic N) is 3. The highest BCUT2D eigenvalue weighted by atomic mass is 16.6. The quantitative estimate of drug-likeness (QED) is 0.641. The molecular formula is C21H22N4O4. The lowest BCUT2D eigenvalue weighted by molar-refractivity contribution is 0.172. The summed E-state index contributed by atoms with van der Waals surface area (Å²) in [6.45, 7) is 0. The largest absolute Gasteiger partial charge is 0.497 e. The van der Waals surface area contributed by atoms with Crippen LogP contribution in [0, 0.1) is 0 Å². The number of methoxy groups -OCH3 is 2. The minimum atomic E-state index is -0.422. The lowest BCUT2D eigenvalue weighted by Crippen LogP contribution is -2.25. The molecule has 3 aromatic rings. The van der Waals surface area contributed by atoms with Gasteiger partial charge in [0, 0.05) is 20.2 Å². The molecule has 0 saturated heterocycles. The first-order chi connectivity index (χ1) is 14.0. The fourth-order valence-corrected chi connectivity index (χ4v) is 2.64. The highest BCUT2D eigenvalue weighted by Crippen LogP contribution is 2.36. The number of carbonyl (C=O) groups excluding carboxylic acids is 1. The molecule has 0 atom stereocenters. The summed E-state index contributed by atoms with van der Waals surface area (Å²) in [5.74, 6) is 1.77. The van der Waals surface area contributed by atoms with E-state index in [4.69, 9.17) is 14.2 Å². The van der Waals surface area contributed by atoms with Gasteiger partial charge >= 0.3 is 6.09 Å². The number of amides is 1. The zero-order chi connectivity index (χ0) is 20.8. The Morgan fingerprint density at radius 3 is 2.38 bits per heavy atom. The van der Waals surface area contributed by atoms with Gasteiger partial charge in [0.15, 0.2) is 0 Å². The number of hydrogen-bond acceptors (Lipinski definition) is 6. The van der Waals surface area contributed by atoms with E-state index in [9.17, 15) is 4.79 Å². The van der Waals surface area contributed by atoms with Gasteiger partial charge in [-0.25, -0.2) is 4.79 Å². The minimum Gasteiger partial charge on any atom is -0.497 e. The molecule has 1 aromatic heterocycles. The maximum absolute atomic E-state index is 11.6. The van der Waals surface area contributed by atoms with Gasteiger partial charge < -0.3 is 19.1 Å². The third-order valence-corrected chi connectivity index (χ3v) is 4.14. The van der Waals surface area contributed by atoms with Gasteiger partial charge in [-0.2, -0.15) is 15.4 Å². The predicted molar refractivity (Wildman–Crippen MR) is 110 cm³/mol. The molecule has 0 aliphatic heterocycles. The number of hydrogen-bond donors (Lipinski definition) is 1. The Morgan fingerprint density at radius 1 is 1.03 bits per heavy atom. The fourth-order valence-electron chi connectivity index (χ4n) is 2.64. The molecule has 0 radical (unpaired) electrons. The van der Waals surface area contributed by atoms with E-state index >= 15 is 0 Å². The predicted octanol–water partition coefficient (Wildman–Crippen LogP) is 3.72. The van der Waals surface area contributed by atoms with Gasteiger partial charge in [-0.15, -0.1) is 0 Å². The summed E-state index contributed by atoms with van der Waals surface area (Å²) in [6, 6.07) is 10.9. The molecular weight excluding hydrogens is 372 g/mol. The molecule has 0 bridgehead atoms. The van der Waals surface area contributed by atoms with Gasteiger partial charge in [0.1, 0.15) is 22.9 Å². The van der Waals surface area contributed by atoms with Crippen LogP contribution in [0.4, 0.5) is 4.79 Å². The monoisotopic (exact) mass is 394 g/mol. The van der Waals surface area contributed by atoms with Crippen molar-refractivity contribution in [2.75, 3.05) is 28.3 Å². The van der Waals surface area contributed by atoms with Crippen LogP contribution in [-0.4, -0.2) is 54.7 Å². The molecule has 1 heterocycles. The standard InChI is InChI=1S/C21H22N4O4/c1-25(2)21(26)29-16-9-6-14(7-10-16)5-8-15-11-17(27-3)12-19(28-4)20(15)18-13-22-24-23-18/h5-13H,1-4H3,(H,22,23,24)/b8-5+. The van der Waals surface area contributed by atoms with E-state index in [1.807, 2.05) is 30.4 Å². The first-order valence-electron chi connectivity index (χ1n) is 8.81. The van der Waals surface area contributed by atoms with Crippen molar-refractivity contribution in [1.29, 1.82) is 0 Å². The molecule has 0 fully saturated rings. The van der Waals surface area contributed by atoms with E-state index in [-0.39, 0.29) is 0 Å².